The van der Waals surface area contributed by atoms with Gasteiger partial charge in [-0.3, -0.25) is 4.79 Å². The van der Waals surface area contributed by atoms with Gasteiger partial charge >= 0.3 is 5.97 Å². The molecular weight excluding hydrogens is 344 g/mol. The Bertz CT molecular complexity index is 783. The van der Waals surface area contributed by atoms with Gasteiger partial charge in [0.2, 0.25) is 0 Å². The average molecular weight is 356 g/mol. The third-order valence-corrected chi connectivity index (χ3v) is 3.22. The Morgan fingerprint density at radius 2 is 1.88 bits per heavy atom. The molecule has 1 amide bonds. The van der Waals surface area contributed by atoms with Gasteiger partial charge in [-0.15, -0.1) is 0 Å². The van der Waals surface area contributed by atoms with E-state index in [4.69, 9.17) is 21.1 Å². The molecule has 0 unspecified atom stereocenters. The van der Waals surface area contributed by atoms with E-state index < -0.39 is 30.1 Å². The molecular formula is C16H12ClF2NO4. The third kappa shape index (κ3) is 4.42. The first-order chi connectivity index (χ1) is 11.4. The fourth-order valence-electron chi connectivity index (χ4n) is 1.77. The second-order valence-electron chi connectivity index (χ2n) is 4.60. The van der Waals surface area contributed by atoms with Crippen molar-refractivity contribution in [3.8, 4) is 5.75 Å². The van der Waals surface area contributed by atoms with Crippen molar-refractivity contribution in [1.29, 1.82) is 0 Å². The summed E-state index contributed by atoms with van der Waals surface area (Å²) >= 11 is 5.58. The number of carbonyl (C=O) groups is 2. The summed E-state index contributed by atoms with van der Waals surface area (Å²) in [7, 11) is 1.36. The Morgan fingerprint density at radius 3 is 2.50 bits per heavy atom. The largest absolute Gasteiger partial charge is 0.497 e. The lowest BCUT2D eigenvalue weighted by Gasteiger charge is -2.08. The van der Waals surface area contributed by atoms with E-state index in [0.717, 1.165) is 12.1 Å². The Morgan fingerprint density at radius 1 is 1.12 bits per heavy atom. The van der Waals surface area contributed by atoms with Crippen LogP contribution in [0.3, 0.4) is 0 Å². The first-order valence-corrected chi connectivity index (χ1v) is 7.04. The summed E-state index contributed by atoms with van der Waals surface area (Å²) in [6, 6.07) is 7.19. The van der Waals surface area contributed by atoms with E-state index in [1.54, 1.807) is 0 Å². The SMILES string of the molecule is COc1ccc(C(=O)OCC(=O)Nc2ccc(F)c(Cl)c2)c(F)c1. The monoisotopic (exact) mass is 355 g/mol. The molecule has 1 N–H and O–H groups in total. The van der Waals surface area contributed by atoms with E-state index in [0.29, 0.717) is 0 Å². The minimum absolute atomic E-state index is 0.162. The fourth-order valence-corrected chi connectivity index (χ4v) is 1.95. The van der Waals surface area contributed by atoms with E-state index in [2.05, 4.69) is 5.32 Å². The van der Waals surface area contributed by atoms with Crippen LogP contribution >= 0.6 is 11.6 Å². The summed E-state index contributed by atoms with van der Waals surface area (Å²) in [5.41, 5.74) is -0.0912. The summed E-state index contributed by atoms with van der Waals surface area (Å²) in [5, 5.41) is 2.21. The predicted octanol–water partition coefficient (Wildman–Crippen LogP) is 3.42. The van der Waals surface area contributed by atoms with Crippen LogP contribution in [0.15, 0.2) is 36.4 Å². The molecule has 0 saturated heterocycles. The number of hydrogen-bond acceptors (Lipinski definition) is 4. The van der Waals surface area contributed by atoms with Crippen molar-refractivity contribution >= 4 is 29.2 Å². The highest BCUT2D eigenvalue weighted by Gasteiger charge is 2.16. The number of amides is 1. The maximum atomic E-state index is 13.7. The van der Waals surface area contributed by atoms with E-state index in [1.165, 1.54) is 31.4 Å². The number of halogens is 3. The molecule has 0 radical (unpaired) electrons. The second-order valence-corrected chi connectivity index (χ2v) is 5.01. The number of hydrogen-bond donors (Lipinski definition) is 1. The molecule has 0 aliphatic heterocycles. The van der Waals surface area contributed by atoms with E-state index >= 15 is 0 Å². The molecule has 0 aromatic heterocycles. The Balaban J connectivity index is 1.93. The minimum atomic E-state index is -0.998. The molecule has 0 aliphatic carbocycles. The lowest BCUT2D eigenvalue weighted by molar-refractivity contribution is -0.119. The normalized spacial score (nSPS) is 10.2. The molecule has 2 aromatic carbocycles. The molecule has 0 bridgehead atoms. The maximum Gasteiger partial charge on any atom is 0.341 e. The number of ether oxygens (including phenoxy) is 2. The molecule has 0 aliphatic rings. The highest BCUT2D eigenvalue weighted by Crippen LogP contribution is 2.19. The molecule has 0 heterocycles. The van der Waals surface area contributed by atoms with E-state index in [-0.39, 0.29) is 22.0 Å². The number of nitrogens with one attached hydrogen (secondary N) is 1. The molecule has 0 spiro atoms. The third-order valence-electron chi connectivity index (χ3n) is 2.93. The van der Waals surface area contributed by atoms with Crippen molar-refractivity contribution in [2.45, 2.75) is 0 Å². The van der Waals surface area contributed by atoms with Crippen LogP contribution < -0.4 is 10.1 Å². The topological polar surface area (TPSA) is 64.6 Å². The number of methoxy groups -OCH3 is 1. The highest BCUT2D eigenvalue weighted by atomic mass is 35.5. The quantitative estimate of drug-likeness (QED) is 0.835. The van der Waals surface area contributed by atoms with Crippen molar-refractivity contribution in [3.63, 3.8) is 0 Å². The minimum Gasteiger partial charge on any atom is -0.497 e. The van der Waals surface area contributed by atoms with Gasteiger partial charge in [0.25, 0.3) is 5.91 Å². The summed E-state index contributed by atoms with van der Waals surface area (Å²) in [4.78, 5) is 23.5. The average Bonchev–Trinajstić information content (AvgIpc) is 2.56. The summed E-state index contributed by atoms with van der Waals surface area (Å²) in [5.74, 6) is -2.89. The lowest BCUT2D eigenvalue weighted by Crippen LogP contribution is -2.21. The predicted molar refractivity (Wildman–Crippen MR) is 83.3 cm³/mol. The van der Waals surface area contributed by atoms with Crippen LogP contribution in [0.1, 0.15) is 10.4 Å². The van der Waals surface area contributed by atoms with Crippen LogP contribution in [0.2, 0.25) is 5.02 Å². The molecule has 0 fully saturated rings. The first kappa shape index (κ1) is 17.7. The zero-order valence-corrected chi connectivity index (χ0v) is 13.2. The van der Waals surface area contributed by atoms with Gasteiger partial charge in [0.15, 0.2) is 6.61 Å². The number of anilines is 1. The van der Waals surface area contributed by atoms with Crippen LogP contribution in [-0.2, 0) is 9.53 Å². The van der Waals surface area contributed by atoms with Crippen molar-refractivity contribution in [2.75, 3.05) is 19.0 Å². The van der Waals surface area contributed by atoms with Crippen LogP contribution in [0.4, 0.5) is 14.5 Å². The number of rotatable bonds is 5. The molecule has 24 heavy (non-hydrogen) atoms. The van der Waals surface area contributed by atoms with Gasteiger partial charge in [0.05, 0.1) is 17.7 Å². The fraction of sp³-hybridized carbons (Fsp3) is 0.125. The van der Waals surface area contributed by atoms with Crippen LogP contribution in [0.5, 0.6) is 5.75 Å². The molecule has 2 aromatic rings. The first-order valence-electron chi connectivity index (χ1n) is 6.66. The standard InChI is InChI=1S/C16H12ClF2NO4/c1-23-10-3-4-11(14(19)7-10)16(22)24-8-15(21)20-9-2-5-13(18)12(17)6-9/h2-7H,8H2,1H3,(H,20,21). The lowest BCUT2D eigenvalue weighted by atomic mass is 10.2. The molecule has 126 valence electrons. The Hall–Kier alpha value is -2.67. The molecule has 8 heteroatoms. The number of benzene rings is 2. The van der Waals surface area contributed by atoms with Gasteiger partial charge in [0.1, 0.15) is 17.4 Å². The van der Waals surface area contributed by atoms with Crippen LogP contribution in [0, 0.1) is 11.6 Å². The Kier molecular flexibility index (Phi) is 5.70. The molecule has 0 saturated carbocycles. The van der Waals surface area contributed by atoms with Crippen molar-refractivity contribution < 1.29 is 27.8 Å². The van der Waals surface area contributed by atoms with Crippen molar-refractivity contribution in [2.24, 2.45) is 0 Å². The summed E-state index contributed by atoms with van der Waals surface area (Å²) in [6.07, 6.45) is 0. The zero-order valence-electron chi connectivity index (χ0n) is 12.4. The number of esters is 1. The van der Waals surface area contributed by atoms with Gasteiger partial charge in [-0.1, -0.05) is 11.6 Å². The number of carbonyl (C=O) groups excluding carboxylic acids is 2. The van der Waals surface area contributed by atoms with Gasteiger partial charge in [0, 0.05) is 11.8 Å². The molecule has 0 atom stereocenters. The van der Waals surface area contributed by atoms with Gasteiger partial charge in [-0.25, -0.2) is 13.6 Å². The van der Waals surface area contributed by atoms with Crippen LogP contribution in [-0.4, -0.2) is 25.6 Å². The Labute approximate surface area is 141 Å². The van der Waals surface area contributed by atoms with Gasteiger partial charge in [-0.2, -0.15) is 0 Å². The van der Waals surface area contributed by atoms with Gasteiger partial charge in [-0.05, 0) is 30.3 Å². The molecule has 5 nitrogen and oxygen atoms in total. The van der Waals surface area contributed by atoms with Crippen molar-refractivity contribution in [3.05, 3.63) is 58.6 Å². The van der Waals surface area contributed by atoms with E-state index in [1.807, 2.05) is 0 Å². The maximum absolute atomic E-state index is 13.7. The van der Waals surface area contributed by atoms with E-state index in [9.17, 15) is 18.4 Å². The zero-order chi connectivity index (χ0) is 17.7. The summed E-state index contributed by atoms with van der Waals surface area (Å²) < 4.78 is 36.3. The van der Waals surface area contributed by atoms with Crippen LogP contribution in [0.25, 0.3) is 0 Å². The second kappa shape index (κ2) is 7.74. The molecule has 2 rings (SSSR count). The van der Waals surface area contributed by atoms with Gasteiger partial charge < -0.3 is 14.8 Å². The van der Waals surface area contributed by atoms with Crippen molar-refractivity contribution in [1.82, 2.24) is 0 Å². The smallest absolute Gasteiger partial charge is 0.341 e. The summed E-state index contributed by atoms with van der Waals surface area (Å²) in [6.45, 7) is -0.640. The highest BCUT2D eigenvalue weighted by molar-refractivity contribution is 6.31.